The van der Waals surface area contributed by atoms with E-state index in [2.05, 4.69) is 20.2 Å². The number of piperazine rings is 1. The molecule has 0 aliphatic carbocycles. The molecule has 1 aromatic heterocycles. The van der Waals surface area contributed by atoms with E-state index in [1.54, 1.807) is 12.1 Å². The number of sulfonamides is 1. The van der Waals surface area contributed by atoms with Crippen molar-refractivity contribution in [3.05, 3.63) is 41.7 Å². The molecule has 1 aromatic carbocycles. The maximum atomic E-state index is 12.7. The molecule has 0 spiro atoms. The lowest BCUT2D eigenvalue weighted by atomic mass is 10.3. The molecule has 2 heterocycles. The van der Waals surface area contributed by atoms with E-state index in [1.807, 2.05) is 13.0 Å². The van der Waals surface area contributed by atoms with Gasteiger partial charge in [-0.3, -0.25) is 0 Å². The van der Waals surface area contributed by atoms with E-state index in [9.17, 15) is 8.42 Å². The van der Waals surface area contributed by atoms with E-state index in [0.29, 0.717) is 31.2 Å². The highest BCUT2D eigenvalue weighted by Gasteiger charge is 2.28. The molecule has 1 fully saturated rings. The number of hydrogen-bond acceptors (Lipinski definition) is 6. The molecule has 134 valence electrons. The van der Waals surface area contributed by atoms with Crippen LogP contribution in [-0.2, 0) is 10.0 Å². The Morgan fingerprint density at radius 3 is 2.44 bits per heavy atom. The zero-order valence-electron chi connectivity index (χ0n) is 13.9. The molecule has 0 saturated carbocycles. The van der Waals surface area contributed by atoms with Crippen LogP contribution < -0.4 is 10.2 Å². The maximum absolute atomic E-state index is 12.7. The van der Waals surface area contributed by atoms with Crippen LogP contribution in [0.25, 0.3) is 0 Å². The van der Waals surface area contributed by atoms with Crippen LogP contribution in [0.1, 0.15) is 6.92 Å². The molecule has 1 aliphatic heterocycles. The van der Waals surface area contributed by atoms with Gasteiger partial charge in [0.25, 0.3) is 0 Å². The fourth-order valence-electron chi connectivity index (χ4n) is 2.71. The highest BCUT2D eigenvalue weighted by molar-refractivity contribution is 7.89. The number of aromatic nitrogens is 2. The van der Waals surface area contributed by atoms with E-state index in [0.717, 1.165) is 18.2 Å². The quantitative estimate of drug-likeness (QED) is 0.854. The molecule has 3 rings (SSSR count). The number of benzene rings is 1. The van der Waals surface area contributed by atoms with Crippen molar-refractivity contribution in [3.8, 4) is 0 Å². The van der Waals surface area contributed by atoms with Crippen molar-refractivity contribution in [1.29, 1.82) is 0 Å². The minimum atomic E-state index is -3.50. The minimum Gasteiger partial charge on any atom is -0.370 e. The van der Waals surface area contributed by atoms with Crippen LogP contribution in [0.4, 0.5) is 11.6 Å². The molecule has 0 amide bonds. The normalized spacial score (nSPS) is 16.0. The Morgan fingerprint density at radius 1 is 1.12 bits per heavy atom. The SMILES string of the molecule is CCNc1cc(N2CCN(S(=O)(=O)c3ccc(Cl)cc3)CC2)ncn1. The Hall–Kier alpha value is -1.90. The highest BCUT2D eigenvalue weighted by Crippen LogP contribution is 2.22. The van der Waals surface area contributed by atoms with Crippen LogP contribution in [0.3, 0.4) is 0 Å². The Labute approximate surface area is 152 Å². The van der Waals surface area contributed by atoms with Crippen LogP contribution >= 0.6 is 11.6 Å². The van der Waals surface area contributed by atoms with Crippen molar-refractivity contribution in [2.24, 2.45) is 0 Å². The summed E-state index contributed by atoms with van der Waals surface area (Å²) in [7, 11) is -3.50. The number of nitrogens with one attached hydrogen (secondary N) is 1. The predicted molar refractivity (Wildman–Crippen MR) is 98.6 cm³/mol. The van der Waals surface area contributed by atoms with E-state index in [4.69, 9.17) is 11.6 Å². The second-order valence-corrected chi connectivity index (χ2v) is 8.01. The fourth-order valence-corrected chi connectivity index (χ4v) is 4.26. The van der Waals surface area contributed by atoms with Crippen molar-refractivity contribution in [1.82, 2.24) is 14.3 Å². The lowest BCUT2D eigenvalue weighted by Gasteiger charge is -2.34. The molecule has 9 heteroatoms. The van der Waals surface area contributed by atoms with Crippen molar-refractivity contribution in [2.45, 2.75) is 11.8 Å². The molecular formula is C16H20ClN5O2S. The molecule has 2 aromatic rings. The Balaban J connectivity index is 1.69. The average molecular weight is 382 g/mol. The molecular weight excluding hydrogens is 362 g/mol. The monoisotopic (exact) mass is 381 g/mol. The summed E-state index contributed by atoms with van der Waals surface area (Å²) < 4.78 is 26.9. The van der Waals surface area contributed by atoms with E-state index < -0.39 is 10.0 Å². The molecule has 0 bridgehead atoms. The van der Waals surface area contributed by atoms with Gasteiger partial charge >= 0.3 is 0 Å². The van der Waals surface area contributed by atoms with Crippen molar-refractivity contribution in [2.75, 3.05) is 42.9 Å². The van der Waals surface area contributed by atoms with E-state index in [-0.39, 0.29) is 4.90 Å². The molecule has 0 atom stereocenters. The molecule has 7 nitrogen and oxygen atoms in total. The van der Waals surface area contributed by atoms with Gasteiger partial charge in [0.15, 0.2) is 0 Å². The molecule has 1 aliphatic rings. The summed E-state index contributed by atoms with van der Waals surface area (Å²) in [6, 6.07) is 8.14. The summed E-state index contributed by atoms with van der Waals surface area (Å²) >= 11 is 5.84. The lowest BCUT2D eigenvalue weighted by molar-refractivity contribution is 0.384. The molecule has 1 saturated heterocycles. The van der Waals surface area contributed by atoms with Gasteiger partial charge in [-0.05, 0) is 31.2 Å². The molecule has 25 heavy (non-hydrogen) atoms. The van der Waals surface area contributed by atoms with E-state index in [1.165, 1.54) is 22.8 Å². The van der Waals surface area contributed by atoms with Crippen LogP contribution in [0.5, 0.6) is 0 Å². The topological polar surface area (TPSA) is 78.4 Å². The van der Waals surface area contributed by atoms with Gasteiger partial charge in [0.2, 0.25) is 10.0 Å². The standard InChI is InChI=1S/C16H20ClN5O2S/c1-2-18-15-11-16(20-12-19-15)21-7-9-22(10-8-21)25(23,24)14-5-3-13(17)4-6-14/h3-6,11-12H,2,7-10H2,1H3,(H,18,19,20). The first kappa shape index (κ1) is 17.9. The summed E-state index contributed by atoms with van der Waals surface area (Å²) in [5.74, 6) is 1.57. The van der Waals surface area contributed by atoms with Gasteiger partial charge < -0.3 is 10.2 Å². The van der Waals surface area contributed by atoms with Gasteiger partial charge in [0.1, 0.15) is 18.0 Å². The second kappa shape index (κ2) is 7.55. The average Bonchev–Trinajstić information content (AvgIpc) is 2.63. The predicted octanol–water partition coefficient (Wildman–Crippen LogP) is 2.07. The number of rotatable bonds is 5. The van der Waals surface area contributed by atoms with Crippen molar-refractivity contribution in [3.63, 3.8) is 0 Å². The molecule has 1 N–H and O–H groups in total. The van der Waals surface area contributed by atoms with Gasteiger partial charge in [-0.15, -0.1) is 0 Å². The molecule has 0 unspecified atom stereocenters. The summed E-state index contributed by atoms with van der Waals surface area (Å²) in [5, 5.41) is 3.67. The Kier molecular flexibility index (Phi) is 5.41. The fraction of sp³-hybridized carbons (Fsp3) is 0.375. The summed E-state index contributed by atoms with van der Waals surface area (Å²) in [5.41, 5.74) is 0. The zero-order valence-corrected chi connectivity index (χ0v) is 15.5. The first-order valence-corrected chi connectivity index (χ1v) is 9.89. The van der Waals surface area contributed by atoms with Crippen molar-refractivity contribution >= 4 is 33.3 Å². The van der Waals surface area contributed by atoms with Crippen LogP contribution in [-0.4, -0.2) is 55.4 Å². The van der Waals surface area contributed by atoms with Gasteiger partial charge in [-0.25, -0.2) is 18.4 Å². The maximum Gasteiger partial charge on any atom is 0.243 e. The molecule has 0 radical (unpaired) electrons. The first-order valence-electron chi connectivity index (χ1n) is 8.07. The van der Waals surface area contributed by atoms with Gasteiger partial charge in [0.05, 0.1) is 4.90 Å². The summed E-state index contributed by atoms with van der Waals surface area (Å²) in [6.45, 7) is 4.76. The van der Waals surface area contributed by atoms with Gasteiger partial charge in [0, 0.05) is 43.8 Å². The highest BCUT2D eigenvalue weighted by atomic mass is 35.5. The third kappa shape index (κ3) is 4.02. The zero-order chi connectivity index (χ0) is 17.9. The second-order valence-electron chi connectivity index (χ2n) is 5.64. The van der Waals surface area contributed by atoms with Crippen LogP contribution in [0.15, 0.2) is 41.6 Å². The smallest absolute Gasteiger partial charge is 0.243 e. The number of anilines is 2. The Bertz CT molecular complexity index is 821. The van der Waals surface area contributed by atoms with E-state index >= 15 is 0 Å². The number of hydrogen-bond donors (Lipinski definition) is 1. The lowest BCUT2D eigenvalue weighted by Crippen LogP contribution is -2.48. The Morgan fingerprint density at radius 2 is 1.80 bits per heavy atom. The number of halogens is 1. The van der Waals surface area contributed by atoms with Gasteiger partial charge in [-0.2, -0.15) is 4.31 Å². The first-order chi connectivity index (χ1) is 12.0. The van der Waals surface area contributed by atoms with Gasteiger partial charge in [-0.1, -0.05) is 11.6 Å². The third-order valence-corrected chi connectivity index (χ3v) is 6.19. The summed E-state index contributed by atoms with van der Waals surface area (Å²) in [6.07, 6.45) is 1.52. The largest absolute Gasteiger partial charge is 0.370 e. The van der Waals surface area contributed by atoms with Crippen LogP contribution in [0, 0.1) is 0 Å². The third-order valence-electron chi connectivity index (χ3n) is 4.02. The van der Waals surface area contributed by atoms with Crippen LogP contribution in [0.2, 0.25) is 5.02 Å². The summed E-state index contributed by atoms with van der Waals surface area (Å²) in [4.78, 5) is 10.8. The van der Waals surface area contributed by atoms with Crippen molar-refractivity contribution < 1.29 is 8.42 Å². The minimum absolute atomic E-state index is 0.266. The number of nitrogens with zero attached hydrogens (tertiary/aromatic N) is 4.